The maximum Gasteiger partial charge on any atom is 0.321 e. The second kappa shape index (κ2) is 5.18. The number of carboxylic acid groups (broad SMARTS) is 1. The van der Waals surface area contributed by atoms with Crippen LogP contribution in [0.5, 0.6) is 0 Å². The highest BCUT2D eigenvalue weighted by Crippen LogP contribution is 1.95. The maximum absolute atomic E-state index is 11.1. The number of unbranched alkanes of at least 4 members (excludes halogenated alkanes) is 1. The van der Waals surface area contributed by atoms with Crippen molar-refractivity contribution in [1.82, 2.24) is 4.72 Å². The molecular formula is C7H15NO4S. The van der Waals surface area contributed by atoms with Crippen molar-refractivity contribution in [3.05, 3.63) is 0 Å². The molecule has 0 saturated heterocycles. The lowest BCUT2D eigenvalue weighted by Gasteiger charge is -2.09. The zero-order valence-corrected chi connectivity index (χ0v) is 8.60. The van der Waals surface area contributed by atoms with Crippen molar-refractivity contribution >= 4 is 16.0 Å². The lowest BCUT2D eigenvalue weighted by atomic mass is 10.4. The van der Waals surface area contributed by atoms with Crippen LogP contribution in [0.15, 0.2) is 0 Å². The van der Waals surface area contributed by atoms with E-state index in [9.17, 15) is 13.2 Å². The third kappa shape index (κ3) is 5.59. The maximum atomic E-state index is 11.1. The van der Waals surface area contributed by atoms with Crippen molar-refractivity contribution in [2.75, 3.05) is 5.75 Å². The van der Waals surface area contributed by atoms with Crippen molar-refractivity contribution in [1.29, 1.82) is 0 Å². The molecule has 1 atom stereocenters. The van der Waals surface area contributed by atoms with Crippen LogP contribution in [0.2, 0.25) is 0 Å². The topological polar surface area (TPSA) is 83.5 Å². The normalized spacial score (nSPS) is 14.0. The Bertz CT molecular complexity index is 260. The number of nitrogens with one attached hydrogen (secondary N) is 1. The Hall–Kier alpha value is -0.620. The quantitative estimate of drug-likeness (QED) is 0.653. The summed E-state index contributed by atoms with van der Waals surface area (Å²) in [6, 6.07) is -1.05. The number of aliphatic carboxylic acids is 1. The van der Waals surface area contributed by atoms with Crippen LogP contribution in [-0.2, 0) is 14.8 Å². The molecule has 0 heterocycles. The standard InChI is InChI=1S/C7H15NO4S/c1-3-4-5-13(11,12)8-6(2)7(9)10/h6,8H,3-5H2,1-2H3,(H,9,10)/t6-/m1/s1. The first-order valence-corrected chi connectivity index (χ1v) is 5.77. The predicted octanol–water partition coefficient (Wildman–Crippen LogP) is 0.179. The molecule has 0 amide bonds. The molecule has 13 heavy (non-hydrogen) atoms. The van der Waals surface area contributed by atoms with Gasteiger partial charge in [0.05, 0.1) is 5.75 Å². The van der Waals surface area contributed by atoms with Crippen LogP contribution in [-0.4, -0.2) is 31.3 Å². The van der Waals surface area contributed by atoms with E-state index in [-0.39, 0.29) is 5.75 Å². The molecule has 78 valence electrons. The van der Waals surface area contributed by atoms with Gasteiger partial charge in [-0.05, 0) is 13.3 Å². The van der Waals surface area contributed by atoms with Crippen LogP contribution in [0.1, 0.15) is 26.7 Å². The predicted molar refractivity (Wildman–Crippen MR) is 48.9 cm³/mol. The average molecular weight is 209 g/mol. The number of sulfonamides is 1. The Kier molecular flexibility index (Phi) is 4.94. The van der Waals surface area contributed by atoms with Gasteiger partial charge in [-0.25, -0.2) is 13.1 Å². The van der Waals surface area contributed by atoms with Gasteiger partial charge in [-0.2, -0.15) is 0 Å². The summed E-state index contributed by atoms with van der Waals surface area (Å²) in [4.78, 5) is 10.3. The average Bonchev–Trinajstić information content (AvgIpc) is 2.00. The van der Waals surface area contributed by atoms with Crippen LogP contribution in [0.4, 0.5) is 0 Å². The monoisotopic (exact) mass is 209 g/mol. The lowest BCUT2D eigenvalue weighted by Crippen LogP contribution is -2.39. The fraction of sp³-hybridized carbons (Fsp3) is 0.857. The highest BCUT2D eigenvalue weighted by atomic mass is 32.2. The van der Waals surface area contributed by atoms with E-state index in [1.807, 2.05) is 6.92 Å². The molecule has 0 aliphatic carbocycles. The molecule has 0 bridgehead atoms. The Morgan fingerprint density at radius 2 is 2.08 bits per heavy atom. The molecule has 0 aliphatic rings. The van der Waals surface area contributed by atoms with Gasteiger partial charge in [0.15, 0.2) is 0 Å². The zero-order chi connectivity index (χ0) is 10.5. The number of carboxylic acids is 1. The van der Waals surface area contributed by atoms with E-state index in [0.717, 1.165) is 6.42 Å². The van der Waals surface area contributed by atoms with Crippen molar-refractivity contribution in [2.24, 2.45) is 0 Å². The SMILES string of the molecule is CCCCS(=O)(=O)N[C@H](C)C(=O)O. The molecule has 5 nitrogen and oxygen atoms in total. The Balaban J connectivity index is 4.10. The molecule has 0 aromatic rings. The highest BCUT2D eigenvalue weighted by molar-refractivity contribution is 7.89. The zero-order valence-electron chi connectivity index (χ0n) is 7.78. The van der Waals surface area contributed by atoms with Gasteiger partial charge in [-0.1, -0.05) is 13.3 Å². The summed E-state index contributed by atoms with van der Waals surface area (Å²) in [5.74, 6) is -1.18. The molecule has 0 saturated carbocycles. The Morgan fingerprint density at radius 3 is 2.46 bits per heavy atom. The van der Waals surface area contributed by atoms with Gasteiger partial charge in [-0.3, -0.25) is 4.79 Å². The Labute approximate surface area is 78.2 Å². The van der Waals surface area contributed by atoms with Crippen molar-refractivity contribution in [3.63, 3.8) is 0 Å². The van der Waals surface area contributed by atoms with E-state index >= 15 is 0 Å². The molecule has 0 aliphatic heterocycles. The van der Waals surface area contributed by atoms with Gasteiger partial charge in [0, 0.05) is 0 Å². The molecule has 0 aromatic carbocycles. The van der Waals surface area contributed by atoms with Gasteiger partial charge >= 0.3 is 5.97 Å². The summed E-state index contributed by atoms with van der Waals surface area (Å²) in [6.07, 6.45) is 1.31. The van der Waals surface area contributed by atoms with Crippen LogP contribution >= 0.6 is 0 Å². The Morgan fingerprint density at radius 1 is 1.54 bits per heavy atom. The molecule has 6 heteroatoms. The van der Waals surface area contributed by atoms with Crippen molar-refractivity contribution in [3.8, 4) is 0 Å². The summed E-state index contributed by atoms with van der Waals surface area (Å²) in [5.41, 5.74) is 0. The minimum atomic E-state index is -3.42. The minimum Gasteiger partial charge on any atom is -0.480 e. The number of hydrogen-bond acceptors (Lipinski definition) is 3. The van der Waals surface area contributed by atoms with Crippen LogP contribution in [0.3, 0.4) is 0 Å². The van der Waals surface area contributed by atoms with E-state index in [1.54, 1.807) is 0 Å². The van der Waals surface area contributed by atoms with E-state index in [0.29, 0.717) is 6.42 Å². The fourth-order valence-electron chi connectivity index (χ4n) is 0.713. The fourth-order valence-corrected chi connectivity index (χ4v) is 2.14. The molecule has 0 rings (SSSR count). The smallest absolute Gasteiger partial charge is 0.321 e. The third-order valence-corrected chi connectivity index (χ3v) is 3.03. The first-order chi connectivity index (χ1) is 5.89. The number of hydrogen-bond donors (Lipinski definition) is 2. The summed E-state index contributed by atoms with van der Waals surface area (Å²) in [5, 5.41) is 8.44. The van der Waals surface area contributed by atoms with E-state index in [4.69, 9.17) is 5.11 Å². The van der Waals surface area contributed by atoms with Gasteiger partial charge in [0.2, 0.25) is 10.0 Å². The lowest BCUT2D eigenvalue weighted by molar-refractivity contribution is -0.138. The number of carbonyl (C=O) groups is 1. The van der Waals surface area contributed by atoms with Gasteiger partial charge in [0.25, 0.3) is 0 Å². The first kappa shape index (κ1) is 12.4. The second-order valence-corrected chi connectivity index (χ2v) is 4.72. The summed E-state index contributed by atoms with van der Waals surface area (Å²) in [6.45, 7) is 3.17. The van der Waals surface area contributed by atoms with Gasteiger partial charge in [-0.15, -0.1) is 0 Å². The van der Waals surface area contributed by atoms with Crippen LogP contribution < -0.4 is 4.72 Å². The molecule has 0 spiro atoms. The summed E-state index contributed by atoms with van der Waals surface area (Å²) < 4.78 is 24.3. The van der Waals surface area contributed by atoms with Crippen LogP contribution in [0, 0.1) is 0 Å². The van der Waals surface area contributed by atoms with Crippen LogP contribution in [0.25, 0.3) is 0 Å². The van der Waals surface area contributed by atoms with E-state index < -0.39 is 22.0 Å². The van der Waals surface area contributed by atoms with Gasteiger partial charge < -0.3 is 5.11 Å². The van der Waals surface area contributed by atoms with E-state index in [2.05, 4.69) is 4.72 Å². The highest BCUT2D eigenvalue weighted by Gasteiger charge is 2.18. The van der Waals surface area contributed by atoms with Gasteiger partial charge in [0.1, 0.15) is 6.04 Å². The largest absolute Gasteiger partial charge is 0.480 e. The molecule has 0 fully saturated rings. The first-order valence-electron chi connectivity index (χ1n) is 4.12. The summed E-state index contributed by atoms with van der Waals surface area (Å²) >= 11 is 0. The van der Waals surface area contributed by atoms with E-state index in [1.165, 1.54) is 6.92 Å². The second-order valence-electron chi connectivity index (χ2n) is 2.85. The molecule has 2 N–H and O–H groups in total. The van der Waals surface area contributed by atoms with Crippen molar-refractivity contribution in [2.45, 2.75) is 32.7 Å². The molecule has 0 unspecified atom stereocenters. The third-order valence-electron chi connectivity index (χ3n) is 1.49. The number of rotatable bonds is 6. The summed E-state index contributed by atoms with van der Waals surface area (Å²) in [7, 11) is -3.42. The van der Waals surface area contributed by atoms with Crippen molar-refractivity contribution < 1.29 is 18.3 Å². The minimum absolute atomic E-state index is 0.0128. The molecule has 0 radical (unpaired) electrons. The molecular weight excluding hydrogens is 194 g/mol. The molecule has 0 aromatic heterocycles.